The maximum atomic E-state index is 12.2. The van der Waals surface area contributed by atoms with Gasteiger partial charge in [-0.3, -0.25) is 20.1 Å². The van der Waals surface area contributed by atoms with E-state index in [0.29, 0.717) is 55.6 Å². The highest BCUT2D eigenvalue weighted by Crippen LogP contribution is 2.19. The lowest BCUT2D eigenvalue weighted by molar-refractivity contribution is -0.123. The van der Waals surface area contributed by atoms with Crippen LogP contribution in [0, 0.1) is 5.41 Å². The highest BCUT2D eigenvalue weighted by molar-refractivity contribution is 6.13. The smallest absolute Gasteiger partial charge is 0.234 e. The first-order valence-electron chi connectivity index (χ1n) is 10.7. The molecule has 0 aliphatic carbocycles. The first kappa shape index (κ1) is 21.8. The number of hydrogen-bond acceptors (Lipinski definition) is 8. The number of ether oxygens (including phenoxy) is 1. The molecule has 0 aromatic heterocycles. The summed E-state index contributed by atoms with van der Waals surface area (Å²) < 4.78 is 5.31. The molecule has 9 nitrogen and oxygen atoms in total. The van der Waals surface area contributed by atoms with E-state index in [4.69, 9.17) is 15.9 Å². The van der Waals surface area contributed by atoms with Gasteiger partial charge in [-0.2, -0.15) is 0 Å². The summed E-state index contributed by atoms with van der Waals surface area (Å²) in [6.07, 6.45) is 1.84. The fraction of sp³-hybridized carbons (Fsp3) is 0.304. The van der Waals surface area contributed by atoms with Crippen molar-refractivity contribution < 1.29 is 9.53 Å². The monoisotopic (exact) mass is 435 g/mol. The number of carbonyl (C=O) groups excluding carboxylic acids is 1. The predicted molar refractivity (Wildman–Crippen MR) is 125 cm³/mol. The Bertz CT molecular complexity index is 984. The van der Waals surface area contributed by atoms with Gasteiger partial charge in [0.1, 0.15) is 0 Å². The molecule has 0 unspecified atom stereocenters. The Morgan fingerprint density at radius 1 is 1.12 bits per heavy atom. The summed E-state index contributed by atoms with van der Waals surface area (Å²) in [6, 6.07) is 15.3. The van der Waals surface area contributed by atoms with E-state index >= 15 is 0 Å². The molecule has 2 aromatic carbocycles. The van der Waals surface area contributed by atoms with Crippen LogP contribution in [-0.4, -0.2) is 56.0 Å². The van der Waals surface area contributed by atoms with Gasteiger partial charge in [0.15, 0.2) is 0 Å². The summed E-state index contributed by atoms with van der Waals surface area (Å²) in [7, 11) is 0. The third-order valence-corrected chi connectivity index (χ3v) is 5.46. The number of nitrogens with zero attached hydrogens (tertiary/aromatic N) is 2. The second kappa shape index (κ2) is 10.3. The zero-order chi connectivity index (χ0) is 22.3. The van der Waals surface area contributed by atoms with Gasteiger partial charge in [-0.1, -0.05) is 30.3 Å². The SMILES string of the molecule is N=C(C1=CN(c2ccc(CNC(=O)CN3CCOCC3)cc2)NCN1)c1ccccc1N. The van der Waals surface area contributed by atoms with E-state index in [2.05, 4.69) is 21.0 Å². The van der Waals surface area contributed by atoms with Crippen LogP contribution < -0.4 is 26.8 Å². The summed E-state index contributed by atoms with van der Waals surface area (Å²) in [5.74, 6) is 0.0195. The van der Waals surface area contributed by atoms with Crippen molar-refractivity contribution in [3.05, 3.63) is 71.6 Å². The zero-order valence-corrected chi connectivity index (χ0v) is 17.9. The highest BCUT2D eigenvalue weighted by atomic mass is 16.5. The number of benzene rings is 2. The molecule has 6 N–H and O–H groups in total. The van der Waals surface area contributed by atoms with E-state index in [9.17, 15) is 4.79 Å². The normalized spacial score (nSPS) is 16.8. The molecule has 0 atom stereocenters. The second-order valence-electron chi connectivity index (χ2n) is 7.72. The molecule has 0 spiro atoms. The Morgan fingerprint density at radius 2 is 1.88 bits per heavy atom. The lowest BCUT2D eigenvalue weighted by Crippen LogP contribution is -2.46. The van der Waals surface area contributed by atoms with Crippen molar-refractivity contribution in [2.24, 2.45) is 0 Å². The van der Waals surface area contributed by atoms with E-state index in [1.807, 2.05) is 53.7 Å². The summed E-state index contributed by atoms with van der Waals surface area (Å²) in [5.41, 5.74) is 13.5. The minimum Gasteiger partial charge on any atom is -0.398 e. The van der Waals surface area contributed by atoms with Crippen LogP contribution in [0.2, 0.25) is 0 Å². The van der Waals surface area contributed by atoms with Crippen LogP contribution in [0.25, 0.3) is 0 Å². The molecule has 2 aliphatic rings. The Morgan fingerprint density at radius 3 is 2.62 bits per heavy atom. The fourth-order valence-corrected chi connectivity index (χ4v) is 3.62. The maximum Gasteiger partial charge on any atom is 0.234 e. The van der Waals surface area contributed by atoms with Gasteiger partial charge < -0.3 is 21.1 Å². The number of para-hydroxylation sites is 1. The number of hydrazine groups is 1. The van der Waals surface area contributed by atoms with E-state index in [1.54, 1.807) is 6.07 Å². The minimum atomic E-state index is 0.0195. The van der Waals surface area contributed by atoms with E-state index < -0.39 is 0 Å². The number of anilines is 2. The number of amides is 1. The molecule has 1 saturated heterocycles. The number of morpholine rings is 1. The fourth-order valence-electron chi connectivity index (χ4n) is 3.62. The average molecular weight is 436 g/mol. The van der Waals surface area contributed by atoms with Crippen molar-refractivity contribution in [1.82, 2.24) is 21.0 Å². The Hall–Kier alpha value is -3.40. The number of nitrogens with two attached hydrogens (primary N) is 1. The van der Waals surface area contributed by atoms with Crippen molar-refractivity contribution in [3.8, 4) is 0 Å². The van der Waals surface area contributed by atoms with Crippen molar-refractivity contribution in [2.45, 2.75) is 6.54 Å². The van der Waals surface area contributed by atoms with Crippen molar-refractivity contribution in [2.75, 3.05) is 50.3 Å². The van der Waals surface area contributed by atoms with Crippen LogP contribution >= 0.6 is 0 Å². The van der Waals surface area contributed by atoms with Gasteiger partial charge in [0, 0.05) is 37.1 Å². The Kier molecular flexibility index (Phi) is 7.00. The molecular formula is C23H29N7O2. The van der Waals surface area contributed by atoms with Crippen LogP contribution in [0.5, 0.6) is 0 Å². The van der Waals surface area contributed by atoms with Crippen LogP contribution in [0.15, 0.2) is 60.4 Å². The van der Waals surface area contributed by atoms with Crippen LogP contribution in [-0.2, 0) is 16.1 Å². The van der Waals surface area contributed by atoms with Crippen LogP contribution in [0.4, 0.5) is 11.4 Å². The molecule has 1 amide bonds. The molecule has 0 radical (unpaired) electrons. The summed E-state index contributed by atoms with van der Waals surface area (Å²) in [5, 5.41) is 16.6. The summed E-state index contributed by atoms with van der Waals surface area (Å²) >= 11 is 0. The maximum absolute atomic E-state index is 12.2. The lowest BCUT2D eigenvalue weighted by Gasteiger charge is -2.29. The molecule has 4 rings (SSSR count). The molecule has 2 heterocycles. The van der Waals surface area contributed by atoms with Gasteiger partial charge in [-0.25, -0.2) is 5.43 Å². The number of rotatable bonds is 7. The van der Waals surface area contributed by atoms with Crippen molar-refractivity contribution >= 4 is 23.0 Å². The van der Waals surface area contributed by atoms with Gasteiger partial charge in [-0.05, 0) is 23.8 Å². The zero-order valence-electron chi connectivity index (χ0n) is 17.9. The second-order valence-corrected chi connectivity index (χ2v) is 7.72. The van der Waals surface area contributed by atoms with E-state index in [-0.39, 0.29) is 5.91 Å². The number of allylic oxidation sites excluding steroid dienone is 1. The minimum absolute atomic E-state index is 0.0195. The predicted octanol–water partition coefficient (Wildman–Crippen LogP) is 0.998. The first-order chi connectivity index (χ1) is 15.6. The third kappa shape index (κ3) is 5.44. The largest absolute Gasteiger partial charge is 0.398 e. The number of carbonyl (C=O) groups is 1. The van der Waals surface area contributed by atoms with Crippen LogP contribution in [0.3, 0.4) is 0 Å². The van der Waals surface area contributed by atoms with E-state index in [0.717, 1.165) is 24.3 Å². The van der Waals surface area contributed by atoms with Gasteiger partial charge >= 0.3 is 0 Å². The molecule has 1 fully saturated rings. The number of nitrogens with one attached hydrogen (secondary N) is 4. The van der Waals surface area contributed by atoms with Gasteiger partial charge in [-0.15, -0.1) is 0 Å². The quantitative estimate of drug-likeness (QED) is 0.325. The number of nitrogen functional groups attached to an aromatic ring is 1. The molecule has 168 valence electrons. The van der Waals surface area contributed by atoms with Gasteiger partial charge in [0.25, 0.3) is 0 Å². The number of hydrogen-bond donors (Lipinski definition) is 5. The summed E-state index contributed by atoms with van der Waals surface area (Å²) in [6.45, 7) is 4.33. The molecule has 2 aliphatic heterocycles. The first-order valence-corrected chi connectivity index (χ1v) is 10.7. The molecule has 0 bridgehead atoms. The molecule has 2 aromatic rings. The Labute approximate surface area is 187 Å². The van der Waals surface area contributed by atoms with Crippen molar-refractivity contribution in [1.29, 1.82) is 5.41 Å². The molecule has 9 heteroatoms. The van der Waals surface area contributed by atoms with Gasteiger partial charge in [0.05, 0.1) is 43.5 Å². The standard InChI is InChI=1S/C23H29N7O2/c24-20-4-2-1-3-19(20)23(25)21-14-30(28-16-27-21)18-7-5-17(6-8-18)13-26-22(31)15-29-9-11-32-12-10-29/h1-8,14,25,27-28H,9-13,15-16,24H2,(H,26,31). The molecule has 0 saturated carbocycles. The third-order valence-electron chi connectivity index (χ3n) is 5.46. The lowest BCUT2D eigenvalue weighted by atomic mass is 10.1. The van der Waals surface area contributed by atoms with E-state index in [1.165, 1.54) is 0 Å². The van der Waals surface area contributed by atoms with Crippen LogP contribution in [0.1, 0.15) is 11.1 Å². The highest BCUT2D eigenvalue weighted by Gasteiger charge is 2.17. The van der Waals surface area contributed by atoms with Gasteiger partial charge in [0.2, 0.25) is 5.91 Å². The average Bonchev–Trinajstić information content (AvgIpc) is 2.84. The molecular weight excluding hydrogens is 406 g/mol. The van der Waals surface area contributed by atoms with Crippen molar-refractivity contribution in [3.63, 3.8) is 0 Å². The summed E-state index contributed by atoms with van der Waals surface area (Å²) in [4.78, 5) is 14.3. The Balaban J connectivity index is 1.35. The topological polar surface area (TPSA) is 119 Å². The molecule has 32 heavy (non-hydrogen) atoms.